The van der Waals surface area contributed by atoms with Gasteiger partial charge >= 0.3 is 5.97 Å². The van der Waals surface area contributed by atoms with Crippen LogP contribution in [-0.4, -0.2) is 50.5 Å². The summed E-state index contributed by atoms with van der Waals surface area (Å²) in [6.07, 6.45) is 7.49. The lowest BCUT2D eigenvalue weighted by molar-refractivity contribution is -0.134. The molecule has 0 saturated carbocycles. The molecule has 3 atom stereocenters. The summed E-state index contributed by atoms with van der Waals surface area (Å²) in [6, 6.07) is 54.6. The second-order valence-electron chi connectivity index (χ2n) is 14.9. The Bertz CT molecular complexity index is 2080. The Hall–Kier alpha value is -5.63. The molecule has 7 heteroatoms. The van der Waals surface area contributed by atoms with Crippen molar-refractivity contribution in [1.29, 1.82) is 0 Å². The van der Waals surface area contributed by atoms with Crippen molar-refractivity contribution in [2.45, 2.75) is 75.9 Å². The molecule has 0 amide bonds. The second-order valence-corrected chi connectivity index (χ2v) is 14.9. The van der Waals surface area contributed by atoms with Gasteiger partial charge in [-0.3, -0.25) is 4.79 Å². The first-order valence-electron chi connectivity index (χ1n) is 21.2. The van der Waals surface area contributed by atoms with Crippen LogP contribution < -0.4 is 9.47 Å². The number of phenolic OH excluding ortho intramolecular Hbond substituents is 1. The second kappa shape index (κ2) is 25.8. The van der Waals surface area contributed by atoms with Gasteiger partial charge in [-0.1, -0.05) is 152 Å². The van der Waals surface area contributed by atoms with E-state index in [-0.39, 0.29) is 24.4 Å². The van der Waals surface area contributed by atoms with Gasteiger partial charge in [0.05, 0.1) is 20.9 Å². The number of hydrogen-bond acceptors (Lipinski definition) is 6. The summed E-state index contributed by atoms with van der Waals surface area (Å²) in [5.74, 6) is 2.99. The topological polar surface area (TPSA) is 85.2 Å². The Kier molecular flexibility index (Phi) is 19.5. The van der Waals surface area contributed by atoms with Gasteiger partial charge in [-0.05, 0) is 114 Å². The molecule has 2 N–H and O–H groups in total. The number of carbonyl (C=O) groups is 1. The summed E-state index contributed by atoms with van der Waals surface area (Å²) in [7, 11) is 4.50. The number of fused-ring (bicyclic) bond motifs is 2. The van der Waals surface area contributed by atoms with Crippen LogP contribution in [0.1, 0.15) is 83.2 Å². The maximum Gasteiger partial charge on any atom is 0.311 e. The van der Waals surface area contributed by atoms with Gasteiger partial charge in [-0.15, -0.1) is 0 Å². The fourth-order valence-corrected chi connectivity index (χ4v) is 7.66. The van der Waals surface area contributed by atoms with Crippen LogP contribution in [0.4, 0.5) is 0 Å². The number of aliphatic hydroxyl groups is 1. The Morgan fingerprint density at radius 2 is 1.12 bits per heavy atom. The smallest absolute Gasteiger partial charge is 0.311 e. The number of hydrogen-bond donors (Lipinski definition) is 2. The average Bonchev–Trinajstić information content (AvgIpc) is 3.76. The molecule has 0 bridgehead atoms. The molecule has 3 aliphatic heterocycles. The maximum absolute atomic E-state index is 11.8. The quantitative estimate of drug-likeness (QED) is 0.0950. The lowest BCUT2D eigenvalue weighted by Gasteiger charge is -2.17. The van der Waals surface area contributed by atoms with Gasteiger partial charge in [0.25, 0.3) is 0 Å². The van der Waals surface area contributed by atoms with Gasteiger partial charge in [0.1, 0.15) is 17.2 Å². The average molecular weight is 803 g/mol. The lowest BCUT2D eigenvalue weighted by Crippen LogP contribution is -2.10. The number of ether oxygens (including phenoxy) is 3. The van der Waals surface area contributed by atoms with Crippen molar-refractivity contribution in [2.24, 2.45) is 0 Å². The van der Waals surface area contributed by atoms with E-state index >= 15 is 0 Å². The summed E-state index contributed by atoms with van der Waals surface area (Å²) < 4.78 is 16.1. The van der Waals surface area contributed by atoms with E-state index in [0.717, 1.165) is 62.4 Å². The van der Waals surface area contributed by atoms with E-state index in [1.807, 2.05) is 84.9 Å². The van der Waals surface area contributed by atoms with E-state index in [9.17, 15) is 15.0 Å². The third-order valence-corrected chi connectivity index (χ3v) is 10.8. The highest BCUT2D eigenvalue weighted by Crippen LogP contribution is 2.34. The minimum Gasteiger partial charge on any atom is -0.508 e. The maximum atomic E-state index is 11.8. The molecule has 3 heterocycles. The molecule has 1 fully saturated rings. The monoisotopic (exact) mass is 802 g/mol. The van der Waals surface area contributed by atoms with Crippen molar-refractivity contribution in [3.05, 3.63) is 197 Å². The molecule has 1 saturated heterocycles. The van der Waals surface area contributed by atoms with Crippen molar-refractivity contribution in [1.82, 2.24) is 0 Å². The minimum atomic E-state index is -0.145. The van der Waals surface area contributed by atoms with Crippen LogP contribution in [0.3, 0.4) is 0 Å². The van der Waals surface area contributed by atoms with Crippen molar-refractivity contribution in [2.75, 3.05) is 26.4 Å². The largest absolute Gasteiger partial charge is 0.508 e. The van der Waals surface area contributed by atoms with E-state index in [2.05, 4.69) is 80.6 Å². The van der Waals surface area contributed by atoms with Crippen LogP contribution in [0.5, 0.6) is 17.2 Å². The summed E-state index contributed by atoms with van der Waals surface area (Å²) in [5.41, 5.74) is 7.20. The van der Waals surface area contributed by atoms with Gasteiger partial charge in [0.15, 0.2) is 0 Å². The predicted molar refractivity (Wildman–Crippen MR) is 243 cm³/mol. The number of aliphatic hydroxyl groups excluding tert-OH is 1. The Morgan fingerprint density at radius 3 is 1.72 bits per heavy atom. The molecule has 3 aliphatic rings. The van der Waals surface area contributed by atoms with E-state index < -0.39 is 0 Å². The van der Waals surface area contributed by atoms with Gasteiger partial charge in [0, 0.05) is 19.8 Å². The zero-order chi connectivity index (χ0) is 42.2. The molecule has 0 spiro atoms. The highest BCUT2D eigenvalue weighted by atomic mass is 16.5. The first-order chi connectivity index (χ1) is 29.6. The first kappa shape index (κ1) is 45.5. The van der Waals surface area contributed by atoms with Crippen molar-refractivity contribution < 1.29 is 29.2 Å². The van der Waals surface area contributed by atoms with Gasteiger partial charge in [0.2, 0.25) is 0 Å². The molecule has 6 nitrogen and oxygen atoms in total. The summed E-state index contributed by atoms with van der Waals surface area (Å²) in [6.45, 7) is 4.48. The van der Waals surface area contributed by atoms with Crippen LogP contribution in [-0.2, 0) is 28.8 Å². The molecule has 2 radical (unpaired) electrons. The molecular formula is C53H59BO6. The predicted octanol–water partition coefficient (Wildman–Crippen LogP) is 11.2. The van der Waals surface area contributed by atoms with Crippen molar-refractivity contribution in [3.63, 3.8) is 0 Å². The van der Waals surface area contributed by atoms with E-state index in [1.54, 1.807) is 6.07 Å². The van der Waals surface area contributed by atoms with E-state index in [1.165, 1.54) is 41.9 Å². The SMILES string of the molecule is C1CCOC1.O=C1C[C@H](c2ccccc2)Cc2ccccc2O1.OCC[C@@H](Cc1ccccc1O)c1ccccc1.[B]C.c1ccc([C@H]2CCOc3ccccc3C2)cc1. The summed E-state index contributed by atoms with van der Waals surface area (Å²) >= 11 is 0. The van der Waals surface area contributed by atoms with Gasteiger partial charge in [-0.2, -0.15) is 0 Å². The molecular weight excluding hydrogens is 743 g/mol. The summed E-state index contributed by atoms with van der Waals surface area (Å²) in [4.78, 5) is 11.8. The number of esters is 1. The van der Waals surface area contributed by atoms with Crippen LogP contribution in [0.25, 0.3) is 0 Å². The molecule has 9 rings (SSSR count). The van der Waals surface area contributed by atoms with Crippen LogP contribution in [0.15, 0.2) is 164 Å². The molecule has 0 unspecified atom stereocenters. The Morgan fingerprint density at radius 1 is 0.600 bits per heavy atom. The van der Waals surface area contributed by atoms with Crippen LogP contribution in [0, 0.1) is 0 Å². The third kappa shape index (κ3) is 14.6. The van der Waals surface area contributed by atoms with E-state index in [4.69, 9.17) is 14.2 Å². The highest BCUT2D eigenvalue weighted by Gasteiger charge is 2.24. The minimum absolute atomic E-state index is 0.145. The molecule has 0 aromatic heterocycles. The molecule has 60 heavy (non-hydrogen) atoms. The lowest BCUT2D eigenvalue weighted by atomic mass is 9.89. The molecule has 6 aromatic rings. The normalized spacial score (nSPS) is 16.7. The van der Waals surface area contributed by atoms with Crippen LogP contribution in [0.2, 0.25) is 6.82 Å². The summed E-state index contributed by atoms with van der Waals surface area (Å²) in [5, 5.41) is 19.0. The standard InChI is InChI=1S/C16H14O2.C16H18O2.C16H16O.C4H8O.CH3B/c17-16-11-14(12-6-2-1-3-7-12)10-13-8-4-5-9-15(13)18-16;17-11-10-14(13-6-2-1-3-7-13)12-15-8-4-5-9-16(15)18;1-2-6-13(7-3-1)14-10-11-17-16-9-5-4-8-15(16)12-14;1-2-4-5-3-1;1-2/h1-9,14H,10-11H2;1-9,14,17-18H,10-12H2;1-9,14H,10-12H2;1-4H2;1H3/t3*14-;;/m100../s1. The number of benzene rings is 6. The molecule has 0 aliphatic carbocycles. The first-order valence-corrected chi connectivity index (χ1v) is 21.2. The number of carbonyl (C=O) groups excluding carboxylic acids is 1. The van der Waals surface area contributed by atoms with Gasteiger partial charge < -0.3 is 24.4 Å². The zero-order valence-corrected chi connectivity index (χ0v) is 34.9. The number of para-hydroxylation sites is 3. The van der Waals surface area contributed by atoms with Crippen molar-refractivity contribution >= 4 is 13.8 Å². The number of aromatic hydroxyl groups is 1. The number of phenols is 1. The Balaban J connectivity index is 0.000000158. The fraction of sp³-hybridized carbons (Fsp3) is 0.302. The highest BCUT2D eigenvalue weighted by molar-refractivity contribution is 6.05. The van der Waals surface area contributed by atoms with Crippen molar-refractivity contribution in [3.8, 4) is 17.2 Å². The fourth-order valence-electron chi connectivity index (χ4n) is 7.66. The number of rotatable bonds is 7. The third-order valence-electron chi connectivity index (χ3n) is 10.8. The van der Waals surface area contributed by atoms with E-state index in [0.29, 0.717) is 30.3 Å². The molecule has 310 valence electrons. The Labute approximate surface area is 358 Å². The zero-order valence-electron chi connectivity index (χ0n) is 34.9. The van der Waals surface area contributed by atoms with Crippen LogP contribution >= 0.6 is 0 Å². The molecule has 6 aromatic carbocycles. The van der Waals surface area contributed by atoms with Gasteiger partial charge in [-0.25, -0.2) is 0 Å².